The Kier molecular flexibility index (Phi) is 3.50. The summed E-state index contributed by atoms with van der Waals surface area (Å²) in [6.45, 7) is 7.68. The van der Waals surface area contributed by atoms with Crippen LogP contribution >= 0.6 is 0 Å². The van der Waals surface area contributed by atoms with Crippen molar-refractivity contribution in [1.82, 2.24) is 5.43 Å². The lowest BCUT2D eigenvalue weighted by molar-refractivity contribution is 0.827. The SMILES string of the molecule is C=CN/N=C(\C)C1C=CC(C)=CC1. The highest BCUT2D eigenvalue weighted by molar-refractivity contribution is 5.86. The van der Waals surface area contributed by atoms with E-state index in [1.165, 1.54) is 5.57 Å². The molecule has 1 rings (SSSR count). The Labute approximate surface area is 79.7 Å². The summed E-state index contributed by atoms with van der Waals surface area (Å²) in [4.78, 5) is 0. The van der Waals surface area contributed by atoms with E-state index >= 15 is 0 Å². The first-order valence-corrected chi connectivity index (χ1v) is 4.49. The van der Waals surface area contributed by atoms with Gasteiger partial charge in [0.1, 0.15) is 0 Å². The molecule has 1 unspecified atom stereocenters. The normalized spacial score (nSPS) is 22.5. The molecule has 0 amide bonds. The molecule has 0 spiro atoms. The maximum atomic E-state index is 4.16. The third-order valence-corrected chi connectivity index (χ3v) is 2.15. The van der Waals surface area contributed by atoms with Crippen molar-refractivity contribution >= 4 is 5.71 Å². The number of hydrogen-bond acceptors (Lipinski definition) is 2. The highest BCUT2D eigenvalue weighted by Crippen LogP contribution is 2.17. The summed E-state index contributed by atoms with van der Waals surface area (Å²) in [5, 5.41) is 4.16. The predicted octanol–water partition coefficient (Wildman–Crippen LogP) is 2.62. The van der Waals surface area contributed by atoms with Gasteiger partial charge in [-0.2, -0.15) is 5.10 Å². The van der Waals surface area contributed by atoms with E-state index in [0.29, 0.717) is 5.92 Å². The fourth-order valence-corrected chi connectivity index (χ4v) is 1.27. The van der Waals surface area contributed by atoms with Crippen LogP contribution in [0.4, 0.5) is 0 Å². The maximum absolute atomic E-state index is 4.16. The second kappa shape index (κ2) is 4.65. The van der Waals surface area contributed by atoms with Crippen LogP contribution in [0.3, 0.4) is 0 Å². The van der Waals surface area contributed by atoms with Crippen molar-refractivity contribution in [2.75, 3.05) is 0 Å². The van der Waals surface area contributed by atoms with E-state index in [4.69, 9.17) is 0 Å². The highest BCUT2D eigenvalue weighted by atomic mass is 15.3. The van der Waals surface area contributed by atoms with Crippen LogP contribution in [0.2, 0.25) is 0 Å². The smallest absolute Gasteiger partial charge is 0.0423 e. The van der Waals surface area contributed by atoms with Gasteiger partial charge < -0.3 is 0 Å². The van der Waals surface area contributed by atoms with Gasteiger partial charge >= 0.3 is 0 Å². The molecular formula is C11H16N2. The van der Waals surface area contributed by atoms with E-state index in [0.717, 1.165) is 12.1 Å². The molecule has 0 aliphatic heterocycles. The van der Waals surface area contributed by atoms with Crippen molar-refractivity contribution in [2.45, 2.75) is 20.3 Å². The summed E-state index contributed by atoms with van der Waals surface area (Å²) in [5.41, 5.74) is 5.18. The summed E-state index contributed by atoms with van der Waals surface area (Å²) < 4.78 is 0. The Morgan fingerprint density at radius 3 is 3.08 bits per heavy atom. The van der Waals surface area contributed by atoms with Gasteiger partial charge in [0.05, 0.1) is 0 Å². The van der Waals surface area contributed by atoms with Gasteiger partial charge in [0.2, 0.25) is 0 Å². The molecule has 1 aliphatic rings. The van der Waals surface area contributed by atoms with Crippen LogP contribution in [0.25, 0.3) is 0 Å². The molecule has 1 N–H and O–H groups in total. The van der Waals surface area contributed by atoms with Crippen LogP contribution in [0.15, 0.2) is 41.7 Å². The molecule has 0 aromatic rings. The Balaban J connectivity index is 2.56. The molecule has 1 aliphatic carbocycles. The molecule has 0 aromatic heterocycles. The van der Waals surface area contributed by atoms with E-state index in [9.17, 15) is 0 Å². The number of nitrogens with zero attached hydrogens (tertiary/aromatic N) is 1. The summed E-state index contributed by atoms with van der Waals surface area (Å²) in [7, 11) is 0. The van der Waals surface area contributed by atoms with Gasteiger partial charge in [-0.25, -0.2) is 0 Å². The number of nitrogens with one attached hydrogen (secondary N) is 1. The second-order valence-electron chi connectivity index (χ2n) is 3.24. The van der Waals surface area contributed by atoms with Gasteiger partial charge in [-0.3, -0.25) is 5.43 Å². The zero-order valence-corrected chi connectivity index (χ0v) is 8.25. The molecule has 2 heteroatoms. The Hall–Kier alpha value is -1.31. The Morgan fingerprint density at radius 2 is 2.54 bits per heavy atom. The Bertz CT molecular complexity index is 272. The lowest BCUT2D eigenvalue weighted by atomic mass is 9.94. The highest BCUT2D eigenvalue weighted by Gasteiger charge is 2.09. The topological polar surface area (TPSA) is 24.4 Å². The Morgan fingerprint density at radius 1 is 1.77 bits per heavy atom. The molecule has 0 bridgehead atoms. The molecule has 0 radical (unpaired) electrons. The van der Waals surface area contributed by atoms with Crippen LogP contribution < -0.4 is 5.43 Å². The van der Waals surface area contributed by atoms with E-state index in [-0.39, 0.29) is 0 Å². The molecule has 0 saturated carbocycles. The van der Waals surface area contributed by atoms with E-state index in [1.807, 2.05) is 6.92 Å². The largest absolute Gasteiger partial charge is 0.286 e. The average molecular weight is 176 g/mol. The zero-order valence-electron chi connectivity index (χ0n) is 8.25. The van der Waals surface area contributed by atoms with Crippen LogP contribution in [0.1, 0.15) is 20.3 Å². The molecule has 2 nitrogen and oxygen atoms in total. The van der Waals surface area contributed by atoms with E-state index in [1.54, 1.807) is 6.20 Å². The second-order valence-corrected chi connectivity index (χ2v) is 3.24. The van der Waals surface area contributed by atoms with Gasteiger partial charge in [0.15, 0.2) is 0 Å². The molecular weight excluding hydrogens is 160 g/mol. The number of rotatable bonds is 3. The minimum Gasteiger partial charge on any atom is -0.286 e. The monoisotopic (exact) mass is 176 g/mol. The van der Waals surface area contributed by atoms with Crippen molar-refractivity contribution in [1.29, 1.82) is 0 Å². The third-order valence-electron chi connectivity index (χ3n) is 2.15. The summed E-state index contributed by atoms with van der Waals surface area (Å²) >= 11 is 0. The molecule has 0 aromatic carbocycles. The molecule has 0 saturated heterocycles. The fraction of sp³-hybridized carbons (Fsp3) is 0.364. The first-order chi connectivity index (χ1) is 6.24. The minimum absolute atomic E-state index is 0.441. The number of allylic oxidation sites excluding steroid dienone is 4. The third kappa shape index (κ3) is 2.90. The van der Waals surface area contributed by atoms with Gasteiger partial charge in [0.25, 0.3) is 0 Å². The molecule has 0 heterocycles. The van der Waals surface area contributed by atoms with Gasteiger partial charge in [-0.05, 0) is 20.3 Å². The standard InChI is InChI=1S/C11H16N2/c1-4-12-13-10(3)11-7-5-9(2)6-8-11/h4-7,11-12H,1,8H2,2-3H3/b13-10+. The number of hydrazone groups is 1. The van der Waals surface area contributed by atoms with Crippen LogP contribution in [0, 0.1) is 5.92 Å². The quantitative estimate of drug-likeness (QED) is 0.519. The lowest BCUT2D eigenvalue weighted by Gasteiger charge is -2.13. The van der Waals surface area contributed by atoms with Gasteiger partial charge in [-0.15, -0.1) is 0 Å². The fourth-order valence-electron chi connectivity index (χ4n) is 1.27. The molecule has 1 atom stereocenters. The van der Waals surface area contributed by atoms with Crippen molar-refractivity contribution in [3.8, 4) is 0 Å². The molecule has 70 valence electrons. The van der Waals surface area contributed by atoms with Crippen molar-refractivity contribution < 1.29 is 0 Å². The first-order valence-electron chi connectivity index (χ1n) is 4.49. The average Bonchev–Trinajstić information content (AvgIpc) is 2.15. The minimum atomic E-state index is 0.441. The van der Waals surface area contributed by atoms with E-state index < -0.39 is 0 Å². The number of hydrogen-bond donors (Lipinski definition) is 1. The van der Waals surface area contributed by atoms with Crippen molar-refractivity contribution in [3.05, 3.63) is 36.6 Å². The van der Waals surface area contributed by atoms with Crippen LogP contribution in [0.5, 0.6) is 0 Å². The van der Waals surface area contributed by atoms with Gasteiger partial charge in [-0.1, -0.05) is 30.4 Å². The maximum Gasteiger partial charge on any atom is 0.0423 e. The van der Waals surface area contributed by atoms with Crippen molar-refractivity contribution in [3.63, 3.8) is 0 Å². The van der Waals surface area contributed by atoms with Crippen LogP contribution in [-0.4, -0.2) is 5.71 Å². The predicted molar refractivity (Wildman–Crippen MR) is 57.4 cm³/mol. The van der Waals surface area contributed by atoms with Crippen LogP contribution in [-0.2, 0) is 0 Å². The summed E-state index contributed by atoms with van der Waals surface area (Å²) in [5.74, 6) is 0.441. The molecule has 0 fully saturated rings. The van der Waals surface area contributed by atoms with Gasteiger partial charge in [0, 0.05) is 17.8 Å². The van der Waals surface area contributed by atoms with E-state index in [2.05, 4.69) is 42.3 Å². The summed E-state index contributed by atoms with van der Waals surface area (Å²) in [6, 6.07) is 0. The lowest BCUT2D eigenvalue weighted by Crippen LogP contribution is -2.12. The summed E-state index contributed by atoms with van der Waals surface area (Å²) in [6.07, 6.45) is 9.20. The first kappa shape index (κ1) is 9.78. The zero-order chi connectivity index (χ0) is 9.68. The van der Waals surface area contributed by atoms with Crippen molar-refractivity contribution in [2.24, 2.45) is 11.0 Å². The molecule has 13 heavy (non-hydrogen) atoms.